The third kappa shape index (κ3) is 5.07. The molecule has 0 aliphatic heterocycles. The zero-order chi connectivity index (χ0) is 15.2. The van der Waals surface area contributed by atoms with Crippen molar-refractivity contribution in [2.24, 2.45) is 0 Å². The van der Waals surface area contributed by atoms with Gasteiger partial charge in [0.05, 0.1) is 11.0 Å². The van der Waals surface area contributed by atoms with Gasteiger partial charge < -0.3 is 9.47 Å². The third-order valence-corrected chi connectivity index (χ3v) is 3.85. The quantitative estimate of drug-likeness (QED) is 0.745. The molecule has 0 spiro atoms. The van der Waals surface area contributed by atoms with Crippen LogP contribution in [0.2, 0.25) is 0 Å². The highest BCUT2D eigenvalue weighted by atomic mass is 32.2. The summed E-state index contributed by atoms with van der Waals surface area (Å²) in [6.07, 6.45) is 0.367. The van der Waals surface area contributed by atoms with Crippen molar-refractivity contribution in [1.29, 1.82) is 0 Å². The fourth-order valence-corrected chi connectivity index (χ4v) is 2.59. The van der Waals surface area contributed by atoms with Gasteiger partial charge in [0, 0.05) is 20.3 Å². The van der Waals surface area contributed by atoms with Crippen molar-refractivity contribution in [2.75, 3.05) is 20.3 Å². The molecule has 1 N–H and O–H groups in total. The van der Waals surface area contributed by atoms with Crippen molar-refractivity contribution in [3.05, 3.63) is 24.0 Å². The van der Waals surface area contributed by atoms with Crippen LogP contribution in [-0.2, 0) is 14.8 Å². The fourth-order valence-electron chi connectivity index (χ4n) is 1.50. The SMILES string of the molecule is COCCCNS(=O)(=O)c1ccc(OC(C)C)c(F)c1. The number of halogens is 1. The van der Waals surface area contributed by atoms with Gasteiger partial charge in [0.15, 0.2) is 11.6 Å². The van der Waals surface area contributed by atoms with E-state index < -0.39 is 15.8 Å². The van der Waals surface area contributed by atoms with Gasteiger partial charge in [0.1, 0.15) is 0 Å². The minimum absolute atomic E-state index is 0.0401. The van der Waals surface area contributed by atoms with Crippen LogP contribution < -0.4 is 9.46 Å². The molecular formula is C13H20FNO4S. The fraction of sp³-hybridized carbons (Fsp3) is 0.538. The number of rotatable bonds is 8. The van der Waals surface area contributed by atoms with Crippen molar-refractivity contribution >= 4 is 10.0 Å². The first-order valence-corrected chi connectivity index (χ1v) is 7.80. The predicted molar refractivity (Wildman–Crippen MR) is 73.8 cm³/mol. The Kier molecular flexibility index (Phi) is 6.38. The second kappa shape index (κ2) is 7.56. The van der Waals surface area contributed by atoms with Crippen LogP contribution in [-0.4, -0.2) is 34.8 Å². The monoisotopic (exact) mass is 305 g/mol. The highest BCUT2D eigenvalue weighted by Gasteiger charge is 2.16. The lowest BCUT2D eigenvalue weighted by Gasteiger charge is -2.12. The average Bonchev–Trinajstić information content (AvgIpc) is 2.36. The number of nitrogens with one attached hydrogen (secondary N) is 1. The first kappa shape index (κ1) is 16.9. The Morgan fingerprint density at radius 1 is 1.35 bits per heavy atom. The molecule has 1 rings (SSSR count). The summed E-state index contributed by atoms with van der Waals surface area (Å²) < 4.78 is 50.0. The van der Waals surface area contributed by atoms with E-state index in [0.29, 0.717) is 13.0 Å². The van der Waals surface area contributed by atoms with E-state index in [1.54, 1.807) is 13.8 Å². The average molecular weight is 305 g/mol. The molecule has 7 heteroatoms. The van der Waals surface area contributed by atoms with E-state index in [2.05, 4.69) is 4.72 Å². The summed E-state index contributed by atoms with van der Waals surface area (Å²) in [5.41, 5.74) is 0. The lowest BCUT2D eigenvalue weighted by Crippen LogP contribution is -2.25. The lowest BCUT2D eigenvalue weighted by molar-refractivity contribution is 0.196. The number of hydrogen-bond acceptors (Lipinski definition) is 4. The first-order chi connectivity index (χ1) is 9.36. The van der Waals surface area contributed by atoms with Crippen molar-refractivity contribution < 1.29 is 22.3 Å². The molecule has 0 aromatic heterocycles. The van der Waals surface area contributed by atoms with E-state index in [9.17, 15) is 12.8 Å². The van der Waals surface area contributed by atoms with Crippen LogP contribution in [0.5, 0.6) is 5.75 Å². The van der Waals surface area contributed by atoms with Gasteiger partial charge >= 0.3 is 0 Å². The molecule has 1 aromatic rings. The smallest absolute Gasteiger partial charge is 0.240 e. The Balaban J connectivity index is 2.78. The molecule has 1 aromatic carbocycles. The normalized spacial score (nSPS) is 11.8. The zero-order valence-corrected chi connectivity index (χ0v) is 12.7. The molecule has 0 radical (unpaired) electrons. The molecule has 20 heavy (non-hydrogen) atoms. The van der Waals surface area contributed by atoms with Gasteiger partial charge in [-0.05, 0) is 38.5 Å². The lowest BCUT2D eigenvalue weighted by atomic mass is 10.3. The summed E-state index contributed by atoms with van der Waals surface area (Å²) in [7, 11) is -2.17. The maximum absolute atomic E-state index is 13.7. The highest BCUT2D eigenvalue weighted by molar-refractivity contribution is 7.89. The Labute approximate surface area is 119 Å². The molecule has 0 aliphatic carbocycles. The number of hydrogen-bond donors (Lipinski definition) is 1. The van der Waals surface area contributed by atoms with Crippen LogP contribution in [0.25, 0.3) is 0 Å². The molecule has 0 aliphatic rings. The van der Waals surface area contributed by atoms with Crippen LogP contribution in [0, 0.1) is 5.82 Å². The Morgan fingerprint density at radius 3 is 2.60 bits per heavy atom. The van der Waals surface area contributed by atoms with Gasteiger partial charge in [0.25, 0.3) is 0 Å². The molecule has 0 fully saturated rings. The predicted octanol–water partition coefficient (Wildman–Crippen LogP) is 1.93. The minimum Gasteiger partial charge on any atom is -0.488 e. The first-order valence-electron chi connectivity index (χ1n) is 6.31. The molecule has 0 atom stereocenters. The van der Waals surface area contributed by atoms with Gasteiger partial charge in [-0.3, -0.25) is 0 Å². The summed E-state index contributed by atoms with van der Waals surface area (Å²) in [5.74, 6) is -0.656. The third-order valence-electron chi connectivity index (χ3n) is 2.39. The maximum atomic E-state index is 13.7. The van der Waals surface area contributed by atoms with E-state index in [1.165, 1.54) is 19.2 Å². The van der Waals surface area contributed by atoms with Gasteiger partial charge in [-0.15, -0.1) is 0 Å². The number of ether oxygens (including phenoxy) is 2. The molecule has 0 amide bonds. The standard InChI is InChI=1S/C13H20FNO4S/c1-10(2)19-13-6-5-11(9-12(13)14)20(16,17)15-7-4-8-18-3/h5-6,9-10,15H,4,7-8H2,1-3H3. The second-order valence-electron chi connectivity index (χ2n) is 4.50. The van der Waals surface area contributed by atoms with Crippen LogP contribution >= 0.6 is 0 Å². The van der Waals surface area contributed by atoms with Crippen molar-refractivity contribution in [1.82, 2.24) is 4.72 Å². The van der Waals surface area contributed by atoms with Gasteiger partial charge in [-0.25, -0.2) is 17.5 Å². The highest BCUT2D eigenvalue weighted by Crippen LogP contribution is 2.21. The molecule has 0 saturated carbocycles. The largest absolute Gasteiger partial charge is 0.488 e. The van der Waals surface area contributed by atoms with Gasteiger partial charge in [-0.2, -0.15) is 0 Å². The summed E-state index contributed by atoms with van der Waals surface area (Å²) in [5, 5.41) is 0. The molecule has 114 valence electrons. The van der Waals surface area contributed by atoms with E-state index in [0.717, 1.165) is 6.07 Å². The second-order valence-corrected chi connectivity index (χ2v) is 6.27. The summed E-state index contributed by atoms with van der Waals surface area (Å²) in [6.45, 7) is 4.23. The Bertz CT molecular complexity index is 531. The minimum atomic E-state index is -3.71. The molecule has 0 heterocycles. The molecule has 0 unspecified atom stereocenters. The van der Waals surface area contributed by atoms with E-state index in [1.807, 2.05) is 0 Å². The van der Waals surface area contributed by atoms with Crippen molar-refractivity contribution in [2.45, 2.75) is 31.3 Å². The molecule has 0 saturated heterocycles. The zero-order valence-electron chi connectivity index (χ0n) is 11.8. The number of sulfonamides is 1. The molecule has 5 nitrogen and oxygen atoms in total. The number of methoxy groups -OCH3 is 1. The van der Waals surface area contributed by atoms with Crippen molar-refractivity contribution in [3.63, 3.8) is 0 Å². The summed E-state index contributed by atoms with van der Waals surface area (Å²) in [6, 6.07) is 3.59. The maximum Gasteiger partial charge on any atom is 0.240 e. The van der Waals surface area contributed by atoms with Crippen molar-refractivity contribution in [3.8, 4) is 5.75 Å². The van der Waals surface area contributed by atoms with E-state index in [-0.39, 0.29) is 23.3 Å². The van der Waals surface area contributed by atoms with Crippen LogP contribution in [0.3, 0.4) is 0 Å². The van der Waals surface area contributed by atoms with Crippen LogP contribution in [0.1, 0.15) is 20.3 Å². The van der Waals surface area contributed by atoms with E-state index in [4.69, 9.17) is 9.47 Å². The topological polar surface area (TPSA) is 64.6 Å². The molecular weight excluding hydrogens is 285 g/mol. The van der Waals surface area contributed by atoms with E-state index >= 15 is 0 Å². The summed E-state index contributed by atoms with van der Waals surface area (Å²) >= 11 is 0. The number of benzene rings is 1. The van der Waals surface area contributed by atoms with Crippen LogP contribution in [0.4, 0.5) is 4.39 Å². The Morgan fingerprint density at radius 2 is 2.05 bits per heavy atom. The molecule has 0 bridgehead atoms. The van der Waals surface area contributed by atoms with Gasteiger partial charge in [0.2, 0.25) is 10.0 Å². The summed E-state index contributed by atoms with van der Waals surface area (Å²) in [4.78, 5) is -0.122. The van der Waals surface area contributed by atoms with Gasteiger partial charge in [-0.1, -0.05) is 0 Å². The Hall–Kier alpha value is -1.18. The van der Waals surface area contributed by atoms with Crippen LogP contribution in [0.15, 0.2) is 23.1 Å².